The second-order valence-corrected chi connectivity index (χ2v) is 14.5. The van der Waals surface area contributed by atoms with Crippen molar-refractivity contribution in [2.75, 3.05) is 0 Å². The van der Waals surface area contributed by atoms with Crippen LogP contribution in [0.15, 0.2) is 109 Å². The minimum absolute atomic E-state index is 0.930. The fraction of sp³-hybridized carbons (Fsp3) is 0. The van der Waals surface area contributed by atoms with Crippen molar-refractivity contribution >= 4 is 123 Å². The second kappa shape index (κ2) is 9.43. The lowest BCUT2D eigenvalue weighted by Crippen LogP contribution is -2.31. The molecule has 0 unspecified atom stereocenters. The van der Waals surface area contributed by atoms with Gasteiger partial charge in [0.1, 0.15) is 0 Å². The minimum atomic E-state index is -3.35. The molecule has 170 valence electrons. The molecule has 0 N–H and O–H groups in total. The molecule has 1 nitrogen and oxygen atoms in total. The average Bonchev–Trinajstić information content (AvgIpc) is 2.88. The summed E-state index contributed by atoms with van der Waals surface area (Å²) >= 11 is 7.14. The lowest BCUT2D eigenvalue weighted by atomic mass is 10.1. The quantitative estimate of drug-likeness (QED) is 0.130. The van der Waals surface area contributed by atoms with Gasteiger partial charge in [0.2, 0.25) is 0 Å². The molecule has 0 aliphatic rings. The van der Waals surface area contributed by atoms with Gasteiger partial charge in [-0.05, 0) is 118 Å². The van der Waals surface area contributed by atoms with Gasteiger partial charge in [-0.1, -0.05) is 91.0 Å². The maximum absolute atomic E-state index is 16.3. The van der Waals surface area contributed by atoms with Crippen molar-refractivity contribution in [3.8, 4) is 0 Å². The second-order valence-electron chi connectivity index (χ2n) is 8.46. The summed E-state index contributed by atoms with van der Waals surface area (Å²) in [6.07, 6.45) is 0. The van der Waals surface area contributed by atoms with Crippen LogP contribution in [0.3, 0.4) is 0 Å². The molecule has 0 bridgehead atoms. The summed E-state index contributed by atoms with van der Waals surface area (Å²) in [6.45, 7) is 0. The summed E-state index contributed by atoms with van der Waals surface area (Å²) in [7, 11) is -3.35. The monoisotopic (exact) mass is 806 g/mol. The number of rotatable bonds is 3. The van der Waals surface area contributed by atoms with Gasteiger partial charge in [0.15, 0.2) is 7.14 Å². The van der Waals surface area contributed by atoms with E-state index in [1.807, 2.05) is 36.4 Å². The van der Waals surface area contributed by atoms with Gasteiger partial charge in [-0.15, -0.1) is 0 Å². The molecule has 0 aliphatic heterocycles. The van der Waals surface area contributed by atoms with Crippen LogP contribution in [0.5, 0.6) is 0 Å². The van der Waals surface area contributed by atoms with Crippen LogP contribution in [0.25, 0.3) is 32.3 Å². The van der Waals surface area contributed by atoms with E-state index in [2.05, 4.69) is 141 Å². The lowest BCUT2D eigenvalue weighted by molar-refractivity contribution is 0.592. The van der Waals surface area contributed by atoms with E-state index in [1.165, 1.54) is 0 Å². The third kappa shape index (κ3) is 3.87. The first-order chi connectivity index (χ1) is 17.0. The smallest absolute Gasteiger partial charge is 0.175 e. The van der Waals surface area contributed by atoms with E-state index in [-0.39, 0.29) is 0 Å². The Balaban J connectivity index is 1.91. The van der Waals surface area contributed by atoms with Crippen LogP contribution in [0.4, 0.5) is 0 Å². The van der Waals surface area contributed by atoms with Crippen molar-refractivity contribution in [3.05, 3.63) is 120 Å². The van der Waals surface area contributed by atoms with Crippen LogP contribution < -0.4 is 15.9 Å². The summed E-state index contributed by atoms with van der Waals surface area (Å²) in [5.41, 5.74) is 0. The SMILES string of the molecule is O=P(c1c(I)ccc2ccccc12)(c1c(I)ccc2ccccc12)c1c(I)ccc2ccccc12. The molecule has 0 heterocycles. The highest BCUT2D eigenvalue weighted by molar-refractivity contribution is 14.1. The van der Waals surface area contributed by atoms with Crippen LogP contribution in [-0.4, -0.2) is 0 Å². The van der Waals surface area contributed by atoms with E-state index in [0.717, 1.165) is 58.9 Å². The predicted octanol–water partition coefficient (Wildman–Crippen LogP) is 8.60. The van der Waals surface area contributed by atoms with Crippen LogP contribution in [0.2, 0.25) is 0 Å². The molecule has 0 fully saturated rings. The van der Waals surface area contributed by atoms with Crippen molar-refractivity contribution in [3.63, 3.8) is 0 Å². The third-order valence-corrected chi connectivity index (χ3v) is 13.8. The van der Waals surface area contributed by atoms with Gasteiger partial charge in [-0.3, -0.25) is 0 Å². The van der Waals surface area contributed by atoms with Gasteiger partial charge in [0, 0.05) is 26.6 Å². The number of halogens is 3. The highest BCUT2D eigenvalue weighted by Gasteiger charge is 2.39. The van der Waals surface area contributed by atoms with Crippen molar-refractivity contribution in [2.24, 2.45) is 0 Å². The molecule has 35 heavy (non-hydrogen) atoms. The summed E-state index contributed by atoms with van der Waals surface area (Å²) in [6, 6.07) is 37.7. The summed E-state index contributed by atoms with van der Waals surface area (Å²) in [5, 5.41) is 9.26. The van der Waals surface area contributed by atoms with Crippen LogP contribution in [0, 0.1) is 10.7 Å². The molecule has 0 saturated carbocycles. The molecule has 5 heteroatoms. The van der Waals surface area contributed by atoms with E-state index >= 15 is 4.57 Å². The molecule has 0 atom stereocenters. The summed E-state index contributed by atoms with van der Waals surface area (Å²) < 4.78 is 19.4. The first kappa shape index (κ1) is 23.9. The highest BCUT2D eigenvalue weighted by atomic mass is 127. The fourth-order valence-electron chi connectivity index (χ4n) is 4.98. The number of benzene rings is 6. The molecule has 0 aromatic heterocycles. The van der Waals surface area contributed by atoms with Gasteiger partial charge < -0.3 is 4.57 Å². The Bertz CT molecular complexity index is 1610. The maximum atomic E-state index is 16.3. The van der Waals surface area contributed by atoms with E-state index in [9.17, 15) is 0 Å². The van der Waals surface area contributed by atoms with Crippen molar-refractivity contribution in [2.45, 2.75) is 0 Å². The Morgan fingerprint density at radius 3 is 1.00 bits per heavy atom. The topological polar surface area (TPSA) is 17.1 Å². The average molecular weight is 806 g/mol. The van der Waals surface area contributed by atoms with Gasteiger partial charge in [-0.25, -0.2) is 0 Å². The van der Waals surface area contributed by atoms with Crippen molar-refractivity contribution in [1.82, 2.24) is 0 Å². The molecule has 6 rings (SSSR count). The Kier molecular flexibility index (Phi) is 6.44. The largest absolute Gasteiger partial charge is 0.308 e. The van der Waals surface area contributed by atoms with Gasteiger partial charge in [-0.2, -0.15) is 0 Å². The van der Waals surface area contributed by atoms with Crippen LogP contribution >= 0.6 is 74.9 Å². The van der Waals surface area contributed by atoms with Crippen molar-refractivity contribution in [1.29, 1.82) is 0 Å². The van der Waals surface area contributed by atoms with Gasteiger partial charge in [0.25, 0.3) is 0 Å². The Hall–Kier alpha value is -1.48. The van der Waals surface area contributed by atoms with Crippen LogP contribution in [-0.2, 0) is 4.57 Å². The highest BCUT2D eigenvalue weighted by Crippen LogP contribution is 2.51. The van der Waals surface area contributed by atoms with Crippen LogP contribution in [0.1, 0.15) is 0 Å². The predicted molar refractivity (Wildman–Crippen MR) is 177 cm³/mol. The Morgan fingerprint density at radius 1 is 0.400 bits per heavy atom. The zero-order valence-corrected chi connectivity index (χ0v) is 25.7. The van der Waals surface area contributed by atoms with E-state index < -0.39 is 7.14 Å². The first-order valence-corrected chi connectivity index (χ1v) is 16.1. The molecule has 0 saturated heterocycles. The number of fused-ring (bicyclic) bond motifs is 3. The van der Waals surface area contributed by atoms with Crippen molar-refractivity contribution < 1.29 is 4.57 Å². The van der Waals surface area contributed by atoms with E-state index in [4.69, 9.17) is 0 Å². The summed E-state index contributed by atoms with van der Waals surface area (Å²) in [5.74, 6) is 0. The lowest BCUT2D eigenvalue weighted by Gasteiger charge is -2.27. The van der Waals surface area contributed by atoms with Gasteiger partial charge in [0.05, 0.1) is 0 Å². The number of hydrogen-bond donors (Lipinski definition) is 0. The van der Waals surface area contributed by atoms with E-state index in [0.29, 0.717) is 0 Å². The molecular weight excluding hydrogens is 788 g/mol. The fourth-order valence-corrected chi connectivity index (χ4v) is 12.9. The Labute approximate surface area is 245 Å². The molecule has 6 aromatic carbocycles. The summed E-state index contributed by atoms with van der Waals surface area (Å²) in [4.78, 5) is 0. The van der Waals surface area contributed by atoms with E-state index in [1.54, 1.807) is 0 Å². The number of hydrogen-bond acceptors (Lipinski definition) is 1. The van der Waals surface area contributed by atoms with Gasteiger partial charge >= 0.3 is 0 Å². The minimum Gasteiger partial charge on any atom is -0.308 e. The standard InChI is InChI=1S/C30H18I3OP/c31-25-16-13-19-7-1-4-10-22(19)28(25)35(34,29-23-11-5-2-8-20(23)14-17-26(29)32)30-24-12-6-3-9-21(24)15-18-27(30)33/h1-18H. The molecule has 0 spiro atoms. The normalized spacial score (nSPS) is 12.0. The Morgan fingerprint density at radius 2 is 0.686 bits per heavy atom. The molecule has 0 amide bonds. The third-order valence-electron chi connectivity index (χ3n) is 6.50. The zero-order valence-electron chi connectivity index (χ0n) is 18.4. The first-order valence-electron chi connectivity index (χ1n) is 11.1. The molecule has 6 aromatic rings. The molecule has 0 radical (unpaired) electrons. The molecule has 0 aliphatic carbocycles. The zero-order chi connectivity index (χ0) is 24.2. The molecular formula is C30H18I3OP. The maximum Gasteiger partial charge on any atom is 0.175 e.